The third-order valence-electron chi connectivity index (χ3n) is 1.98. The first-order valence-electron chi connectivity index (χ1n) is 4.14. The Morgan fingerprint density at radius 2 is 2.23 bits per heavy atom. The summed E-state index contributed by atoms with van der Waals surface area (Å²) < 4.78 is 0. The van der Waals surface area contributed by atoms with E-state index in [-0.39, 0.29) is 0 Å². The van der Waals surface area contributed by atoms with Crippen LogP contribution in [-0.4, -0.2) is 4.98 Å². The van der Waals surface area contributed by atoms with Gasteiger partial charge in [-0.2, -0.15) is 0 Å². The molecular weight excluding hydrogens is 162 g/mol. The van der Waals surface area contributed by atoms with E-state index < -0.39 is 5.66 Å². The number of hydrogen-bond donors (Lipinski definition) is 2. The zero-order valence-electron chi connectivity index (χ0n) is 7.14. The van der Waals surface area contributed by atoms with Crippen molar-refractivity contribution in [2.24, 2.45) is 5.73 Å². The highest BCUT2D eigenvalue weighted by Gasteiger charge is 2.24. The molecule has 3 nitrogen and oxygen atoms in total. The number of rotatable bonds is 1. The van der Waals surface area contributed by atoms with Gasteiger partial charge in [0.15, 0.2) is 0 Å². The van der Waals surface area contributed by atoms with Gasteiger partial charge in [0.2, 0.25) is 0 Å². The first-order valence-corrected chi connectivity index (χ1v) is 4.14. The van der Waals surface area contributed by atoms with Crippen molar-refractivity contribution in [1.82, 2.24) is 10.3 Å². The van der Waals surface area contributed by atoms with E-state index in [9.17, 15) is 0 Å². The van der Waals surface area contributed by atoms with Crippen LogP contribution in [0.2, 0.25) is 0 Å². The molecule has 1 aromatic heterocycles. The molecule has 13 heavy (non-hydrogen) atoms. The van der Waals surface area contributed by atoms with Gasteiger partial charge in [0.1, 0.15) is 5.66 Å². The molecule has 0 saturated carbocycles. The van der Waals surface area contributed by atoms with Crippen LogP contribution < -0.4 is 11.1 Å². The van der Waals surface area contributed by atoms with Gasteiger partial charge in [-0.05, 0) is 30.5 Å². The predicted molar refractivity (Wildman–Crippen MR) is 51.5 cm³/mol. The number of dihydropyridines is 1. The molecule has 1 aliphatic rings. The van der Waals surface area contributed by atoms with Gasteiger partial charge in [0, 0.05) is 6.20 Å². The molecule has 0 radical (unpaired) electrons. The molecule has 1 aliphatic heterocycles. The Morgan fingerprint density at radius 3 is 2.85 bits per heavy atom. The standard InChI is InChI=1S/C10H11N3/c11-10(6-2-4-8-13-10)9-5-1-3-7-12-9/h1-8,13H,11H2/t10-/m1/s1. The SMILES string of the molecule is N[C@]1(c2ccccn2)C=CC=CN1. The van der Waals surface area contributed by atoms with Crippen molar-refractivity contribution in [1.29, 1.82) is 0 Å². The van der Waals surface area contributed by atoms with E-state index in [0.717, 1.165) is 5.69 Å². The summed E-state index contributed by atoms with van der Waals surface area (Å²) in [4.78, 5) is 4.20. The average Bonchev–Trinajstić information content (AvgIpc) is 2.20. The lowest BCUT2D eigenvalue weighted by atomic mass is 10.0. The normalized spacial score (nSPS) is 25.6. The Balaban J connectivity index is 2.35. The molecule has 66 valence electrons. The van der Waals surface area contributed by atoms with Gasteiger partial charge < -0.3 is 11.1 Å². The molecule has 2 heterocycles. The molecular formula is C10H11N3. The summed E-state index contributed by atoms with van der Waals surface area (Å²) in [6.07, 6.45) is 9.24. The van der Waals surface area contributed by atoms with Crippen molar-refractivity contribution in [2.75, 3.05) is 0 Å². The number of aromatic nitrogens is 1. The van der Waals surface area contributed by atoms with Crippen LogP contribution in [0.1, 0.15) is 5.69 Å². The first-order chi connectivity index (χ1) is 6.31. The Morgan fingerprint density at radius 1 is 1.31 bits per heavy atom. The lowest BCUT2D eigenvalue weighted by Crippen LogP contribution is -2.47. The number of nitrogens with one attached hydrogen (secondary N) is 1. The van der Waals surface area contributed by atoms with E-state index in [1.165, 1.54) is 0 Å². The highest BCUT2D eigenvalue weighted by molar-refractivity contribution is 5.27. The van der Waals surface area contributed by atoms with E-state index in [0.29, 0.717) is 0 Å². The van der Waals surface area contributed by atoms with Gasteiger partial charge in [-0.3, -0.25) is 4.98 Å². The Labute approximate surface area is 77.0 Å². The smallest absolute Gasteiger partial charge is 0.149 e. The molecule has 0 fully saturated rings. The second kappa shape index (κ2) is 3.03. The number of allylic oxidation sites excluding steroid dienone is 2. The summed E-state index contributed by atoms with van der Waals surface area (Å²) in [6, 6.07) is 5.69. The number of nitrogens with zero attached hydrogens (tertiary/aromatic N) is 1. The van der Waals surface area contributed by atoms with Crippen molar-refractivity contribution in [3.8, 4) is 0 Å². The lowest BCUT2D eigenvalue weighted by molar-refractivity contribution is 0.479. The Kier molecular flexibility index (Phi) is 1.87. The number of hydrogen-bond acceptors (Lipinski definition) is 3. The molecule has 1 atom stereocenters. The second-order valence-electron chi connectivity index (χ2n) is 2.95. The summed E-state index contributed by atoms with van der Waals surface area (Å²) in [5.41, 5.74) is 6.23. The Bertz CT molecular complexity index is 342. The van der Waals surface area contributed by atoms with Crippen LogP contribution in [-0.2, 0) is 5.66 Å². The van der Waals surface area contributed by atoms with Gasteiger partial charge in [0.25, 0.3) is 0 Å². The van der Waals surface area contributed by atoms with E-state index in [2.05, 4.69) is 10.3 Å². The van der Waals surface area contributed by atoms with Crippen molar-refractivity contribution < 1.29 is 0 Å². The largest absolute Gasteiger partial charge is 0.365 e. The minimum absolute atomic E-state index is 0.657. The quantitative estimate of drug-likeness (QED) is 0.662. The fourth-order valence-corrected chi connectivity index (χ4v) is 1.26. The van der Waals surface area contributed by atoms with Crippen molar-refractivity contribution >= 4 is 0 Å². The average molecular weight is 173 g/mol. The molecule has 0 spiro atoms. The maximum atomic E-state index is 6.07. The Hall–Kier alpha value is -1.61. The minimum Gasteiger partial charge on any atom is -0.365 e. The topological polar surface area (TPSA) is 50.9 Å². The summed E-state index contributed by atoms with van der Waals surface area (Å²) in [7, 11) is 0. The molecule has 0 amide bonds. The molecule has 1 aromatic rings. The molecule has 0 aromatic carbocycles. The number of nitrogens with two attached hydrogens (primary N) is 1. The highest BCUT2D eigenvalue weighted by atomic mass is 15.1. The van der Waals surface area contributed by atoms with Gasteiger partial charge in [-0.25, -0.2) is 0 Å². The van der Waals surface area contributed by atoms with Crippen LogP contribution >= 0.6 is 0 Å². The zero-order valence-corrected chi connectivity index (χ0v) is 7.14. The van der Waals surface area contributed by atoms with Crippen molar-refractivity contribution in [2.45, 2.75) is 5.66 Å². The van der Waals surface area contributed by atoms with Gasteiger partial charge >= 0.3 is 0 Å². The van der Waals surface area contributed by atoms with Gasteiger partial charge in [-0.1, -0.05) is 12.1 Å². The van der Waals surface area contributed by atoms with Gasteiger partial charge in [0.05, 0.1) is 5.69 Å². The van der Waals surface area contributed by atoms with E-state index >= 15 is 0 Å². The lowest BCUT2D eigenvalue weighted by Gasteiger charge is -2.27. The monoisotopic (exact) mass is 173 g/mol. The van der Waals surface area contributed by atoms with Crippen LogP contribution in [0.5, 0.6) is 0 Å². The van der Waals surface area contributed by atoms with Crippen LogP contribution in [0.4, 0.5) is 0 Å². The summed E-state index contributed by atoms with van der Waals surface area (Å²) in [5, 5.41) is 3.06. The molecule has 0 aliphatic carbocycles. The summed E-state index contributed by atoms with van der Waals surface area (Å²) >= 11 is 0. The molecule has 0 saturated heterocycles. The summed E-state index contributed by atoms with van der Waals surface area (Å²) in [5.74, 6) is 0. The van der Waals surface area contributed by atoms with Crippen LogP contribution in [0.3, 0.4) is 0 Å². The first kappa shape index (κ1) is 8.01. The predicted octanol–water partition coefficient (Wildman–Crippen LogP) is 0.866. The molecule has 3 heteroatoms. The van der Waals surface area contributed by atoms with Crippen molar-refractivity contribution in [3.63, 3.8) is 0 Å². The molecule has 3 N–H and O–H groups in total. The number of pyridine rings is 1. The second-order valence-corrected chi connectivity index (χ2v) is 2.95. The van der Waals surface area contributed by atoms with E-state index in [1.807, 2.05) is 42.6 Å². The van der Waals surface area contributed by atoms with Crippen molar-refractivity contribution in [3.05, 3.63) is 54.5 Å². The van der Waals surface area contributed by atoms with Crippen LogP contribution in [0.15, 0.2) is 48.8 Å². The minimum atomic E-state index is -0.657. The maximum absolute atomic E-state index is 6.07. The summed E-state index contributed by atoms with van der Waals surface area (Å²) in [6.45, 7) is 0. The maximum Gasteiger partial charge on any atom is 0.149 e. The van der Waals surface area contributed by atoms with Crippen LogP contribution in [0.25, 0.3) is 0 Å². The fourth-order valence-electron chi connectivity index (χ4n) is 1.26. The molecule has 0 unspecified atom stereocenters. The third-order valence-corrected chi connectivity index (χ3v) is 1.98. The molecule has 0 bridgehead atoms. The van der Waals surface area contributed by atoms with E-state index in [4.69, 9.17) is 5.73 Å². The fraction of sp³-hybridized carbons (Fsp3) is 0.100. The van der Waals surface area contributed by atoms with Gasteiger partial charge in [-0.15, -0.1) is 0 Å². The highest BCUT2D eigenvalue weighted by Crippen LogP contribution is 2.15. The van der Waals surface area contributed by atoms with Crippen LogP contribution in [0, 0.1) is 0 Å². The zero-order chi connectivity index (χ0) is 9.15. The third kappa shape index (κ3) is 1.46. The van der Waals surface area contributed by atoms with E-state index in [1.54, 1.807) is 6.20 Å². The molecule has 2 rings (SSSR count).